The molecular weight excluding hydrogens is 306 g/mol. The van der Waals surface area contributed by atoms with Crippen molar-refractivity contribution in [2.75, 3.05) is 13.7 Å². The summed E-state index contributed by atoms with van der Waals surface area (Å²) < 4.78 is 7.39. The number of aliphatic hydroxyl groups is 1. The van der Waals surface area contributed by atoms with E-state index in [1.54, 1.807) is 7.05 Å². The molecule has 1 N–H and O–H groups in total. The highest BCUT2D eigenvalue weighted by atomic mass is 16.5. The number of nitrogens with zero attached hydrogens (tertiary/aromatic N) is 3. The third-order valence-corrected chi connectivity index (χ3v) is 3.93. The normalized spacial score (nSPS) is 12.0. The van der Waals surface area contributed by atoms with Gasteiger partial charge in [0.15, 0.2) is 6.10 Å². The SMILES string of the molecule is CCn1cc(CN(C)C(=O)[C@H](O)COc2ccccc2C)c(C)n1. The molecule has 0 saturated heterocycles. The molecule has 6 heteroatoms. The lowest BCUT2D eigenvalue weighted by Gasteiger charge is -2.21. The molecule has 1 amide bonds. The molecule has 0 unspecified atom stereocenters. The standard InChI is InChI=1S/C18H25N3O3/c1-5-21-11-15(14(3)19-21)10-20(4)18(23)16(22)12-24-17-9-7-6-8-13(17)2/h6-9,11,16,22H,5,10,12H2,1-4H3/t16-/m1/s1. The van der Waals surface area contributed by atoms with E-state index in [-0.39, 0.29) is 12.5 Å². The van der Waals surface area contributed by atoms with Crippen LogP contribution < -0.4 is 4.74 Å². The van der Waals surface area contributed by atoms with Crippen LogP contribution in [-0.2, 0) is 17.9 Å². The molecule has 0 aliphatic carbocycles. The van der Waals surface area contributed by atoms with Gasteiger partial charge in [0.1, 0.15) is 12.4 Å². The quantitative estimate of drug-likeness (QED) is 0.842. The number of aryl methyl sites for hydroxylation is 3. The fourth-order valence-corrected chi connectivity index (χ4v) is 2.42. The van der Waals surface area contributed by atoms with Gasteiger partial charge in [-0.2, -0.15) is 5.10 Å². The van der Waals surface area contributed by atoms with Crippen molar-refractivity contribution in [3.05, 3.63) is 47.3 Å². The van der Waals surface area contributed by atoms with Gasteiger partial charge in [0.05, 0.1) is 5.69 Å². The highest BCUT2D eigenvalue weighted by Gasteiger charge is 2.21. The number of aliphatic hydroxyl groups excluding tert-OH is 1. The molecule has 0 radical (unpaired) electrons. The van der Waals surface area contributed by atoms with Gasteiger partial charge in [-0.3, -0.25) is 9.48 Å². The molecule has 6 nitrogen and oxygen atoms in total. The second-order valence-corrected chi connectivity index (χ2v) is 5.88. The van der Waals surface area contributed by atoms with Crippen LogP contribution in [0.4, 0.5) is 0 Å². The molecule has 2 aromatic rings. The van der Waals surface area contributed by atoms with Crippen LogP contribution in [0.1, 0.15) is 23.7 Å². The van der Waals surface area contributed by atoms with Gasteiger partial charge in [0, 0.05) is 31.9 Å². The number of hydrogen-bond donors (Lipinski definition) is 1. The van der Waals surface area contributed by atoms with E-state index in [0.29, 0.717) is 12.3 Å². The highest BCUT2D eigenvalue weighted by molar-refractivity contribution is 5.80. The van der Waals surface area contributed by atoms with Gasteiger partial charge in [-0.25, -0.2) is 0 Å². The molecule has 0 spiro atoms. The van der Waals surface area contributed by atoms with Gasteiger partial charge in [0.25, 0.3) is 5.91 Å². The number of amides is 1. The van der Waals surface area contributed by atoms with Crippen molar-refractivity contribution in [2.24, 2.45) is 0 Å². The summed E-state index contributed by atoms with van der Waals surface area (Å²) in [4.78, 5) is 13.8. The Labute approximate surface area is 142 Å². The van der Waals surface area contributed by atoms with Crippen molar-refractivity contribution in [2.45, 2.75) is 40.0 Å². The summed E-state index contributed by atoms with van der Waals surface area (Å²) in [5.41, 5.74) is 2.83. The largest absolute Gasteiger partial charge is 0.490 e. The molecule has 2 rings (SSSR count). The summed E-state index contributed by atoms with van der Waals surface area (Å²) in [7, 11) is 1.67. The Morgan fingerprint density at radius 1 is 1.38 bits per heavy atom. The lowest BCUT2D eigenvalue weighted by Crippen LogP contribution is -2.39. The van der Waals surface area contributed by atoms with Gasteiger partial charge in [-0.1, -0.05) is 18.2 Å². The first kappa shape index (κ1) is 18.0. The number of carbonyl (C=O) groups excluding carboxylic acids is 1. The van der Waals surface area contributed by atoms with Crippen LogP contribution in [0.2, 0.25) is 0 Å². The van der Waals surface area contributed by atoms with Crippen LogP contribution in [0.25, 0.3) is 0 Å². The Balaban J connectivity index is 1.92. The predicted molar refractivity (Wildman–Crippen MR) is 91.8 cm³/mol. The summed E-state index contributed by atoms with van der Waals surface area (Å²) >= 11 is 0. The lowest BCUT2D eigenvalue weighted by atomic mass is 10.2. The number of para-hydroxylation sites is 1. The minimum Gasteiger partial charge on any atom is -0.490 e. The molecule has 24 heavy (non-hydrogen) atoms. The summed E-state index contributed by atoms with van der Waals surface area (Å²) in [6.45, 7) is 6.97. The molecule has 0 fully saturated rings. The van der Waals surface area contributed by atoms with Crippen LogP contribution in [0.3, 0.4) is 0 Å². The molecular formula is C18H25N3O3. The van der Waals surface area contributed by atoms with Crippen molar-refractivity contribution in [1.82, 2.24) is 14.7 Å². The summed E-state index contributed by atoms with van der Waals surface area (Å²) in [6, 6.07) is 7.51. The van der Waals surface area contributed by atoms with Gasteiger partial charge in [-0.05, 0) is 32.4 Å². The molecule has 0 aliphatic rings. The van der Waals surface area contributed by atoms with E-state index in [1.807, 2.05) is 55.9 Å². The Morgan fingerprint density at radius 3 is 2.71 bits per heavy atom. The molecule has 0 aliphatic heterocycles. The molecule has 0 bridgehead atoms. The Kier molecular flexibility index (Phi) is 5.98. The van der Waals surface area contributed by atoms with E-state index in [0.717, 1.165) is 23.4 Å². The fraction of sp³-hybridized carbons (Fsp3) is 0.444. The Hall–Kier alpha value is -2.34. The molecule has 1 atom stereocenters. The van der Waals surface area contributed by atoms with E-state index >= 15 is 0 Å². The van der Waals surface area contributed by atoms with Crippen molar-refractivity contribution in [3.8, 4) is 5.75 Å². The van der Waals surface area contributed by atoms with Crippen molar-refractivity contribution in [1.29, 1.82) is 0 Å². The maximum Gasteiger partial charge on any atom is 0.255 e. The van der Waals surface area contributed by atoms with Gasteiger partial charge in [-0.15, -0.1) is 0 Å². The smallest absolute Gasteiger partial charge is 0.255 e. The molecule has 1 aromatic heterocycles. The summed E-state index contributed by atoms with van der Waals surface area (Å²) in [5, 5.41) is 14.5. The maximum absolute atomic E-state index is 12.3. The average Bonchev–Trinajstić information content (AvgIpc) is 2.93. The van der Waals surface area contributed by atoms with Crippen LogP contribution in [-0.4, -0.2) is 45.5 Å². The van der Waals surface area contributed by atoms with E-state index in [1.165, 1.54) is 4.90 Å². The third kappa shape index (κ3) is 4.35. The summed E-state index contributed by atoms with van der Waals surface area (Å²) in [5.74, 6) is 0.305. The molecule has 0 saturated carbocycles. The highest BCUT2D eigenvalue weighted by Crippen LogP contribution is 2.16. The average molecular weight is 331 g/mol. The van der Waals surface area contributed by atoms with Crippen LogP contribution in [0.15, 0.2) is 30.5 Å². The zero-order chi connectivity index (χ0) is 17.7. The van der Waals surface area contributed by atoms with E-state index in [2.05, 4.69) is 5.10 Å². The summed E-state index contributed by atoms with van der Waals surface area (Å²) in [6.07, 6.45) is 0.728. The van der Waals surface area contributed by atoms with Crippen molar-refractivity contribution >= 4 is 5.91 Å². The predicted octanol–water partition coefficient (Wildman–Crippen LogP) is 1.92. The van der Waals surface area contributed by atoms with E-state index in [9.17, 15) is 9.90 Å². The second kappa shape index (κ2) is 7.97. The van der Waals surface area contributed by atoms with Crippen LogP contribution in [0, 0.1) is 13.8 Å². The van der Waals surface area contributed by atoms with Crippen LogP contribution >= 0.6 is 0 Å². The maximum atomic E-state index is 12.3. The first-order valence-corrected chi connectivity index (χ1v) is 8.06. The van der Waals surface area contributed by atoms with Crippen molar-refractivity contribution < 1.29 is 14.6 Å². The lowest BCUT2D eigenvalue weighted by molar-refractivity contribution is -0.140. The van der Waals surface area contributed by atoms with Gasteiger partial charge < -0.3 is 14.7 Å². The third-order valence-electron chi connectivity index (χ3n) is 3.93. The number of hydrogen-bond acceptors (Lipinski definition) is 4. The number of ether oxygens (including phenoxy) is 1. The van der Waals surface area contributed by atoms with E-state index < -0.39 is 6.10 Å². The van der Waals surface area contributed by atoms with Crippen molar-refractivity contribution in [3.63, 3.8) is 0 Å². The van der Waals surface area contributed by atoms with Crippen LogP contribution in [0.5, 0.6) is 5.75 Å². The zero-order valence-corrected chi connectivity index (χ0v) is 14.7. The van der Waals surface area contributed by atoms with Gasteiger partial charge in [0.2, 0.25) is 0 Å². The second-order valence-electron chi connectivity index (χ2n) is 5.88. The number of rotatable bonds is 7. The van der Waals surface area contributed by atoms with E-state index in [4.69, 9.17) is 4.74 Å². The number of likely N-dealkylation sites (N-methyl/N-ethyl adjacent to an activating group) is 1. The first-order chi connectivity index (χ1) is 11.4. The minimum absolute atomic E-state index is 0.0682. The topological polar surface area (TPSA) is 67.6 Å². The minimum atomic E-state index is -1.20. The Bertz CT molecular complexity index is 697. The number of benzene rings is 1. The molecule has 1 heterocycles. The Morgan fingerprint density at radius 2 is 2.08 bits per heavy atom. The number of carbonyl (C=O) groups is 1. The molecule has 1 aromatic carbocycles. The number of aromatic nitrogens is 2. The van der Waals surface area contributed by atoms with Gasteiger partial charge >= 0.3 is 0 Å². The first-order valence-electron chi connectivity index (χ1n) is 8.06. The monoisotopic (exact) mass is 331 g/mol. The fourth-order valence-electron chi connectivity index (χ4n) is 2.42. The zero-order valence-electron chi connectivity index (χ0n) is 14.7. The molecule has 130 valence electrons.